The fourth-order valence-corrected chi connectivity index (χ4v) is 2.52. The van der Waals surface area contributed by atoms with E-state index in [1.807, 2.05) is 12.4 Å². The summed E-state index contributed by atoms with van der Waals surface area (Å²) in [5.41, 5.74) is 2.23. The van der Waals surface area contributed by atoms with Gasteiger partial charge in [0.05, 0.1) is 11.7 Å². The molecule has 0 amide bonds. The van der Waals surface area contributed by atoms with E-state index < -0.39 is 0 Å². The molecule has 2 aromatic heterocycles. The molecule has 16 heavy (non-hydrogen) atoms. The van der Waals surface area contributed by atoms with Gasteiger partial charge in [0.1, 0.15) is 11.3 Å². The molecular formula is C12H16N4. The van der Waals surface area contributed by atoms with E-state index >= 15 is 0 Å². The van der Waals surface area contributed by atoms with Crippen LogP contribution in [-0.2, 0) is 6.54 Å². The number of hydrogen-bond acceptors (Lipinski definition) is 3. The molecule has 1 atom stereocenters. The van der Waals surface area contributed by atoms with E-state index in [0.717, 1.165) is 25.2 Å². The number of fused-ring (bicyclic) bond motifs is 1. The van der Waals surface area contributed by atoms with Crippen molar-refractivity contribution in [3.05, 3.63) is 24.3 Å². The molecule has 0 aliphatic carbocycles. The van der Waals surface area contributed by atoms with E-state index in [-0.39, 0.29) is 0 Å². The summed E-state index contributed by atoms with van der Waals surface area (Å²) < 4.78 is 2.31. The van der Waals surface area contributed by atoms with Crippen LogP contribution in [0.2, 0.25) is 0 Å². The standard InChI is InChI=1S/C12H16N4/c1-2-16-11-4-6-14-8-10(11)15-12(16)9-3-5-13-7-9/h4,6,8-9,13H,2-3,5,7H2,1H3. The molecule has 1 fully saturated rings. The predicted molar refractivity (Wildman–Crippen MR) is 63.4 cm³/mol. The summed E-state index contributed by atoms with van der Waals surface area (Å²) in [5.74, 6) is 1.78. The highest BCUT2D eigenvalue weighted by Gasteiger charge is 2.22. The van der Waals surface area contributed by atoms with Crippen LogP contribution in [0.25, 0.3) is 11.0 Å². The monoisotopic (exact) mass is 216 g/mol. The molecule has 0 spiro atoms. The highest BCUT2D eigenvalue weighted by atomic mass is 15.1. The van der Waals surface area contributed by atoms with Crippen LogP contribution in [0.15, 0.2) is 18.5 Å². The molecule has 1 N–H and O–H groups in total. The van der Waals surface area contributed by atoms with E-state index in [0.29, 0.717) is 5.92 Å². The second-order valence-corrected chi connectivity index (χ2v) is 4.27. The van der Waals surface area contributed by atoms with Crippen LogP contribution in [0.5, 0.6) is 0 Å². The van der Waals surface area contributed by atoms with Gasteiger partial charge in [-0.15, -0.1) is 0 Å². The summed E-state index contributed by atoms with van der Waals surface area (Å²) >= 11 is 0. The van der Waals surface area contributed by atoms with Gasteiger partial charge in [0, 0.05) is 25.2 Å². The van der Waals surface area contributed by atoms with Gasteiger partial charge in [0.15, 0.2) is 0 Å². The second kappa shape index (κ2) is 3.87. The molecular weight excluding hydrogens is 200 g/mol. The first-order chi connectivity index (χ1) is 7.90. The molecule has 3 heterocycles. The van der Waals surface area contributed by atoms with Gasteiger partial charge in [-0.05, 0) is 26.0 Å². The minimum atomic E-state index is 0.562. The Kier molecular flexibility index (Phi) is 2.36. The minimum absolute atomic E-state index is 0.562. The molecule has 1 aliphatic rings. The van der Waals surface area contributed by atoms with Gasteiger partial charge in [0.2, 0.25) is 0 Å². The first-order valence-electron chi connectivity index (χ1n) is 5.91. The smallest absolute Gasteiger partial charge is 0.114 e. The third-order valence-electron chi connectivity index (χ3n) is 3.32. The fourth-order valence-electron chi connectivity index (χ4n) is 2.52. The van der Waals surface area contributed by atoms with Crippen molar-refractivity contribution in [3.8, 4) is 0 Å². The van der Waals surface area contributed by atoms with Gasteiger partial charge in [-0.25, -0.2) is 4.98 Å². The summed E-state index contributed by atoms with van der Waals surface area (Å²) in [4.78, 5) is 8.86. The van der Waals surface area contributed by atoms with E-state index in [4.69, 9.17) is 4.98 Å². The number of pyridine rings is 1. The highest BCUT2D eigenvalue weighted by molar-refractivity contribution is 5.74. The fraction of sp³-hybridized carbons (Fsp3) is 0.500. The summed E-state index contributed by atoms with van der Waals surface area (Å²) in [5, 5.41) is 3.40. The molecule has 3 rings (SSSR count). The summed E-state index contributed by atoms with van der Waals surface area (Å²) in [6.07, 6.45) is 4.89. The number of rotatable bonds is 2. The lowest BCUT2D eigenvalue weighted by atomic mass is 10.1. The van der Waals surface area contributed by atoms with Crippen LogP contribution in [0.4, 0.5) is 0 Å². The van der Waals surface area contributed by atoms with Crippen molar-refractivity contribution >= 4 is 11.0 Å². The zero-order chi connectivity index (χ0) is 11.0. The van der Waals surface area contributed by atoms with E-state index in [9.17, 15) is 0 Å². The van der Waals surface area contributed by atoms with Gasteiger partial charge >= 0.3 is 0 Å². The number of imidazole rings is 1. The average Bonchev–Trinajstić information content (AvgIpc) is 2.95. The number of aromatic nitrogens is 3. The van der Waals surface area contributed by atoms with Gasteiger partial charge in [-0.2, -0.15) is 0 Å². The molecule has 84 valence electrons. The first kappa shape index (κ1) is 9.78. The van der Waals surface area contributed by atoms with Crippen molar-refractivity contribution < 1.29 is 0 Å². The number of hydrogen-bond donors (Lipinski definition) is 1. The molecule has 4 nitrogen and oxygen atoms in total. The maximum Gasteiger partial charge on any atom is 0.114 e. The van der Waals surface area contributed by atoms with E-state index in [1.54, 1.807) is 0 Å². The normalized spacial score (nSPS) is 20.7. The lowest BCUT2D eigenvalue weighted by Gasteiger charge is -2.10. The van der Waals surface area contributed by atoms with Crippen LogP contribution in [0.1, 0.15) is 25.1 Å². The van der Waals surface area contributed by atoms with Crippen LogP contribution >= 0.6 is 0 Å². The number of nitrogens with zero attached hydrogens (tertiary/aromatic N) is 3. The highest BCUT2D eigenvalue weighted by Crippen LogP contribution is 2.25. The SMILES string of the molecule is CCn1c(C2CCNC2)nc2cnccc21. The Morgan fingerprint density at radius 1 is 1.56 bits per heavy atom. The Morgan fingerprint density at radius 3 is 3.25 bits per heavy atom. The van der Waals surface area contributed by atoms with Crippen molar-refractivity contribution in [2.24, 2.45) is 0 Å². The maximum atomic E-state index is 4.73. The van der Waals surface area contributed by atoms with E-state index in [2.05, 4.69) is 27.9 Å². The molecule has 0 bridgehead atoms. The Morgan fingerprint density at radius 2 is 2.50 bits per heavy atom. The predicted octanol–water partition coefficient (Wildman–Crippen LogP) is 1.53. The zero-order valence-electron chi connectivity index (χ0n) is 9.48. The summed E-state index contributed by atoms with van der Waals surface area (Å²) in [6, 6.07) is 2.05. The Labute approximate surface area is 94.7 Å². The van der Waals surface area contributed by atoms with Crippen molar-refractivity contribution in [1.82, 2.24) is 19.9 Å². The summed E-state index contributed by atoms with van der Waals surface area (Å²) in [7, 11) is 0. The first-order valence-corrected chi connectivity index (χ1v) is 5.91. The molecule has 1 unspecified atom stereocenters. The molecule has 0 radical (unpaired) electrons. The van der Waals surface area contributed by atoms with Crippen molar-refractivity contribution in [2.75, 3.05) is 13.1 Å². The van der Waals surface area contributed by atoms with E-state index in [1.165, 1.54) is 17.8 Å². The second-order valence-electron chi connectivity index (χ2n) is 4.27. The van der Waals surface area contributed by atoms with Crippen molar-refractivity contribution in [3.63, 3.8) is 0 Å². The van der Waals surface area contributed by atoms with Gasteiger partial charge in [0.25, 0.3) is 0 Å². The van der Waals surface area contributed by atoms with Crippen LogP contribution < -0.4 is 5.32 Å². The van der Waals surface area contributed by atoms with Crippen molar-refractivity contribution in [1.29, 1.82) is 0 Å². The van der Waals surface area contributed by atoms with Crippen LogP contribution in [-0.4, -0.2) is 27.6 Å². The lowest BCUT2D eigenvalue weighted by molar-refractivity contribution is 0.631. The molecule has 0 saturated carbocycles. The third-order valence-corrected chi connectivity index (χ3v) is 3.32. The topological polar surface area (TPSA) is 42.7 Å². The zero-order valence-corrected chi connectivity index (χ0v) is 9.48. The van der Waals surface area contributed by atoms with Crippen molar-refractivity contribution in [2.45, 2.75) is 25.8 Å². The van der Waals surface area contributed by atoms with Gasteiger partial charge in [-0.3, -0.25) is 4.98 Å². The molecule has 1 aliphatic heterocycles. The maximum absolute atomic E-state index is 4.73. The third kappa shape index (κ3) is 1.41. The van der Waals surface area contributed by atoms with Gasteiger partial charge < -0.3 is 9.88 Å². The molecule has 4 heteroatoms. The Bertz CT molecular complexity index is 497. The summed E-state index contributed by atoms with van der Waals surface area (Å²) in [6.45, 7) is 5.31. The van der Waals surface area contributed by atoms with Crippen LogP contribution in [0.3, 0.4) is 0 Å². The molecule has 2 aromatic rings. The average molecular weight is 216 g/mol. The number of nitrogens with one attached hydrogen (secondary N) is 1. The Balaban J connectivity index is 2.15. The van der Waals surface area contributed by atoms with Crippen LogP contribution in [0, 0.1) is 0 Å². The quantitative estimate of drug-likeness (QED) is 0.827. The minimum Gasteiger partial charge on any atom is -0.328 e. The van der Waals surface area contributed by atoms with Gasteiger partial charge in [-0.1, -0.05) is 0 Å². The lowest BCUT2D eigenvalue weighted by Crippen LogP contribution is -2.12. The molecule has 1 saturated heterocycles. The largest absolute Gasteiger partial charge is 0.328 e. The number of aryl methyl sites for hydroxylation is 1. The Hall–Kier alpha value is -1.42. The molecule has 0 aromatic carbocycles.